The molecular weight excluding hydrogens is 203 g/mol. The van der Waals surface area contributed by atoms with Crippen LogP contribution in [0.2, 0.25) is 0 Å². The third kappa shape index (κ3) is 1.34. The van der Waals surface area contributed by atoms with E-state index in [2.05, 4.69) is 16.0 Å². The average Bonchev–Trinajstić information content (AvgIpc) is 2.17. The SMILES string of the molecule is OCC1OC([Se])C(O)C1O. The van der Waals surface area contributed by atoms with E-state index >= 15 is 0 Å². The van der Waals surface area contributed by atoms with Crippen molar-refractivity contribution in [2.75, 3.05) is 6.61 Å². The Labute approximate surface area is 66.6 Å². The van der Waals surface area contributed by atoms with Gasteiger partial charge in [-0.15, -0.1) is 0 Å². The molecule has 3 N–H and O–H groups in total. The molecule has 1 fully saturated rings. The molecule has 1 heterocycles. The molecule has 0 spiro atoms. The maximum atomic E-state index is 9.07. The minimum absolute atomic E-state index is 0.267. The summed E-state index contributed by atoms with van der Waals surface area (Å²) < 4.78 is 4.93. The fraction of sp³-hybridized carbons (Fsp3) is 1.00. The second-order valence-corrected chi connectivity index (χ2v) is 3.18. The summed E-state index contributed by atoms with van der Waals surface area (Å²) in [5, 5.41) is 26.2. The van der Waals surface area contributed by atoms with Crippen LogP contribution in [0, 0.1) is 0 Å². The molecule has 0 aromatic heterocycles. The maximum absolute atomic E-state index is 9.07. The molecule has 4 atom stereocenters. The normalized spacial score (nSPS) is 48.0. The number of hydrogen-bond acceptors (Lipinski definition) is 4. The van der Waals surface area contributed by atoms with Gasteiger partial charge in [-0.2, -0.15) is 0 Å². The standard InChI is InChI=1S/C5H9O4Se/c6-1-2-3(7)4(8)5(10)9-2/h2-8H,1H2. The molecule has 10 heavy (non-hydrogen) atoms. The zero-order valence-electron chi connectivity index (χ0n) is 5.17. The van der Waals surface area contributed by atoms with Gasteiger partial charge in [0.1, 0.15) is 0 Å². The summed E-state index contributed by atoms with van der Waals surface area (Å²) in [6, 6.07) is 0. The summed E-state index contributed by atoms with van der Waals surface area (Å²) in [6.07, 6.45) is -2.55. The molecule has 0 aromatic carbocycles. The van der Waals surface area contributed by atoms with Crippen LogP contribution in [-0.2, 0) is 4.74 Å². The Morgan fingerprint density at radius 2 is 1.90 bits per heavy atom. The van der Waals surface area contributed by atoms with E-state index < -0.39 is 23.3 Å². The third-order valence-corrected chi connectivity index (χ3v) is 2.32. The molecular formula is C5H9O4Se. The molecule has 1 aliphatic rings. The van der Waals surface area contributed by atoms with E-state index in [9.17, 15) is 0 Å². The van der Waals surface area contributed by atoms with E-state index in [-0.39, 0.29) is 6.61 Å². The number of ether oxygens (including phenoxy) is 1. The van der Waals surface area contributed by atoms with Crippen molar-refractivity contribution in [3.63, 3.8) is 0 Å². The zero-order chi connectivity index (χ0) is 7.72. The van der Waals surface area contributed by atoms with Crippen LogP contribution in [0.3, 0.4) is 0 Å². The fourth-order valence-electron chi connectivity index (χ4n) is 0.865. The van der Waals surface area contributed by atoms with Crippen molar-refractivity contribution in [2.24, 2.45) is 0 Å². The van der Waals surface area contributed by atoms with Crippen molar-refractivity contribution in [3.8, 4) is 0 Å². The monoisotopic (exact) mass is 213 g/mol. The van der Waals surface area contributed by atoms with Gasteiger partial charge in [-0.05, 0) is 0 Å². The molecule has 0 amide bonds. The number of aliphatic hydroxyl groups is 3. The molecule has 1 saturated heterocycles. The zero-order valence-corrected chi connectivity index (χ0v) is 6.89. The molecule has 0 aromatic rings. The van der Waals surface area contributed by atoms with Gasteiger partial charge in [0, 0.05) is 0 Å². The van der Waals surface area contributed by atoms with Crippen molar-refractivity contribution in [1.29, 1.82) is 0 Å². The van der Waals surface area contributed by atoms with Crippen LogP contribution in [-0.4, -0.2) is 61.3 Å². The molecule has 0 saturated carbocycles. The first-order valence-corrected chi connectivity index (χ1v) is 3.94. The molecule has 59 valence electrons. The van der Waals surface area contributed by atoms with Gasteiger partial charge in [-0.3, -0.25) is 0 Å². The van der Waals surface area contributed by atoms with Gasteiger partial charge in [-0.25, -0.2) is 0 Å². The van der Waals surface area contributed by atoms with E-state index in [0.29, 0.717) is 0 Å². The Morgan fingerprint density at radius 3 is 2.10 bits per heavy atom. The van der Waals surface area contributed by atoms with Crippen LogP contribution >= 0.6 is 0 Å². The Kier molecular flexibility index (Phi) is 2.68. The number of rotatable bonds is 1. The van der Waals surface area contributed by atoms with Crippen LogP contribution in [0.1, 0.15) is 0 Å². The van der Waals surface area contributed by atoms with Gasteiger partial charge >= 0.3 is 66.0 Å². The first-order chi connectivity index (χ1) is 4.66. The van der Waals surface area contributed by atoms with E-state index in [1.54, 1.807) is 0 Å². The van der Waals surface area contributed by atoms with Crippen LogP contribution in [0.25, 0.3) is 0 Å². The molecule has 4 nitrogen and oxygen atoms in total. The summed E-state index contributed by atoms with van der Waals surface area (Å²) >= 11 is 2.54. The van der Waals surface area contributed by atoms with Crippen molar-refractivity contribution >= 4 is 16.0 Å². The van der Waals surface area contributed by atoms with E-state index in [1.807, 2.05) is 0 Å². The summed E-state index contributed by atoms with van der Waals surface area (Å²) in [5.41, 5.74) is 0. The van der Waals surface area contributed by atoms with Crippen molar-refractivity contribution in [3.05, 3.63) is 0 Å². The summed E-state index contributed by atoms with van der Waals surface area (Å²) in [7, 11) is 0. The topological polar surface area (TPSA) is 69.9 Å². The van der Waals surface area contributed by atoms with E-state index in [4.69, 9.17) is 20.1 Å². The second kappa shape index (κ2) is 3.17. The summed E-state index contributed by atoms with van der Waals surface area (Å²) in [5.74, 6) is 0. The molecule has 0 bridgehead atoms. The van der Waals surface area contributed by atoms with Crippen molar-refractivity contribution < 1.29 is 20.1 Å². The van der Waals surface area contributed by atoms with Gasteiger partial charge < -0.3 is 0 Å². The predicted molar refractivity (Wildman–Crippen MR) is 33.5 cm³/mol. The molecule has 1 aliphatic heterocycles. The van der Waals surface area contributed by atoms with Crippen LogP contribution in [0.5, 0.6) is 0 Å². The van der Waals surface area contributed by atoms with E-state index in [1.165, 1.54) is 0 Å². The van der Waals surface area contributed by atoms with Crippen LogP contribution in [0.4, 0.5) is 0 Å². The molecule has 1 radical (unpaired) electrons. The molecule has 5 heteroatoms. The first-order valence-electron chi connectivity index (χ1n) is 2.95. The Morgan fingerprint density at radius 1 is 1.30 bits per heavy atom. The first kappa shape index (κ1) is 8.46. The Hall–Kier alpha value is 0.359. The quantitative estimate of drug-likeness (QED) is 0.423. The minimum atomic E-state index is -0.976. The Bertz CT molecular complexity index is 120. The predicted octanol–water partition coefficient (Wildman–Crippen LogP) is -2.41. The van der Waals surface area contributed by atoms with Crippen molar-refractivity contribution in [1.82, 2.24) is 0 Å². The number of hydrogen-bond donors (Lipinski definition) is 3. The average molecular weight is 212 g/mol. The van der Waals surface area contributed by atoms with Gasteiger partial charge in [0.05, 0.1) is 0 Å². The third-order valence-electron chi connectivity index (χ3n) is 1.50. The van der Waals surface area contributed by atoms with E-state index in [0.717, 1.165) is 0 Å². The van der Waals surface area contributed by atoms with Crippen molar-refractivity contribution in [2.45, 2.75) is 23.3 Å². The molecule has 0 aliphatic carbocycles. The summed E-state index contributed by atoms with van der Waals surface area (Å²) in [6.45, 7) is -0.267. The second-order valence-electron chi connectivity index (χ2n) is 2.21. The molecule has 1 rings (SSSR count). The Balaban J connectivity index is 2.53. The van der Waals surface area contributed by atoms with Gasteiger partial charge in [0.2, 0.25) is 0 Å². The van der Waals surface area contributed by atoms with Gasteiger partial charge in [0.25, 0.3) is 0 Å². The van der Waals surface area contributed by atoms with Crippen LogP contribution in [0.15, 0.2) is 0 Å². The molecule has 4 unspecified atom stereocenters. The van der Waals surface area contributed by atoms with Gasteiger partial charge in [0.15, 0.2) is 0 Å². The van der Waals surface area contributed by atoms with Crippen LogP contribution < -0.4 is 0 Å². The van der Waals surface area contributed by atoms with Gasteiger partial charge in [-0.1, -0.05) is 0 Å². The summed E-state index contributed by atoms with van der Waals surface area (Å²) in [4.78, 5) is 0. The number of aliphatic hydroxyl groups excluding tert-OH is 3. The fourth-order valence-corrected chi connectivity index (χ4v) is 1.50.